The molecule has 5 atom stereocenters. The van der Waals surface area contributed by atoms with Gasteiger partial charge in [-0.15, -0.1) is 11.6 Å². The summed E-state index contributed by atoms with van der Waals surface area (Å²) in [6.45, 7) is 8.09. The van der Waals surface area contributed by atoms with Crippen LogP contribution in [0.25, 0.3) is 0 Å². The van der Waals surface area contributed by atoms with E-state index in [9.17, 15) is 4.39 Å². The number of hydrogen-bond acceptors (Lipinski definition) is 1. The molecule has 0 spiro atoms. The highest BCUT2D eigenvalue weighted by molar-refractivity contribution is 6.21. The minimum Gasteiger partial charge on any atom is -0.375 e. The van der Waals surface area contributed by atoms with Crippen molar-refractivity contribution < 1.29 is 9.13 Å². The third-order valence-electron chi connectivity index (χ3n) is 4.16. The van der Waals surface area contributed by atoms with E-state index in [4.69, 9.17) is 16.3 Å². The summed E-state index contributed by atoms with van der Waals surface area (Å²) in [7, 11) is 0. The molecule has 0 saturated carbocycles. The van der Waals surface area contributed by atoms with E-state index in [1.165, 1.54) is 6.07 Å². The Bertz CT molecular complexity index is 435. The van der Waals surface area contributed by atoms with Crippen molar-refractivity contribution in [2.75, 3.05) is 0 Å². The third kappa shape index (κ3) is 2.41. The number of hydrogen-bond donors (Lipinski definition) is 0. The molecule has 1 heterocycles. The number of ether oxygens (including phenoxy) is 1. The lowest BCUT2D eigenvalue weighted by molar-refractivity contribution is 0.0508. The maximum atomic E-state index is 13.3. The minimum absolute atomic E-state index is 0.126. The molecule has 2 rings (SSSR count). The second kappa shape index (κ2) is 5.18. The van der Waals surface area contributed by atoms with Crippen LogP contribution >= 0.6 is 11.6 Å². The van der Waals surface area contributed by atoms with Gasteiger partial charge in [-0.3, -0.25) is 0 Å². The SMILES string of the molecule is Cc1cc(C(Cl)C2C(C)OC(C)C2C)ccc1F. The first-order chi connectivity index (χ1) is 8.41. The van der Waals surface area contributed by atoms with Gasteiger partial charge < -0.3 is 4.74 Å². The third-order valence-corrected chi connectivity index (χ3v) is 4.70. The van der Waals surface area contributed by atoms with Gasteiger partial charge in [-0.2, -0.15) is 0 Å². The summed E-state index contributed by atoms with van der Waals surface area (Å²) >= 11 is 6.59. The predicted octanol–water partition coefficient (Wildman–Crippen LogP) is 4.47. The lowest BCUT2D eigenvalue weighted by atomic mass is 9.84. The second-order valence-electron chi connectivity index (χ2n) is 5.39. The van der Waals surface area contributed by atoms with Crippen molar-refractivity contribution in [1.29, 1.82) is 0 Å². The van der Waals surface area contributed by atoms with Crippen molar-refractivity contribution in [2.24, 2.45) is 11.8 Å². The van der Waals surface area contributed by atoms with Gasteiger partial charge in [0.05, 0.1) is 17.6 Å². The van der Waals surface area contributed by atoms with Crippen LogP contribution in [-0.4, -0.2) is 12.2 Å². The molecule has 0 amide bonds. The van der Waals surface area contributed by atoms with Gasteiger partial charge in [0, 0.05) is 5.92 Å². The van der Waals surface area contributed by atoms with Crippen molar-refractivity contribution >= 4 is 11.6 Å². The van der Waals surface area contributed by atoms with Gasteiger partial charge in [0.1, 0.15) is 5.82 Å². The van der Waals surface area contributed by atoms with Crippen LogP contribution in [0, 0.1) is 24.6 Å². The molecule has 1 aliphatic rings. The molecule has 0 aromatic heterocycles. The van der Waals surface area contributed by atoms with Gasteiger partial charge in [-0.05, 0) is 43.9 Å². The smallest absolute Gasteiger partial charge is 0.126 e. The lowest BCUT2D eigenvalue weighted by Crippen LogP contribution is -2.22. The van der Waals surface area contributed by atoms with E-state index >= 15 is 0 Å². The van der Waals surface area contributed by atoms with E-state index in [2.05, 4.69) is 20.8 Å². The van der Waals surface area contributed by atoms with Crippen LogP contribution < -0.4 is 0 Å². The monoisotopic (exact) mass is 270 g/mol. The fourth-order valence-electron chi connectivity index (χ4n) is 2.86. The highest BCUT2D eigenvalue weighted by Crippen LogP contribution is 2.44. The second-order valence-corrected chi connectivity index (χ2v) is 5.86. The Morgan fingerprint density at radius 1 is 1.22 bits per heavy atom. The van der Waals surface area contributed by atoms with Crippen LogP contribution in [0.3, 0.4) is 0 Å². The summed E-state index contributed by atoms with van der Waals surface area (Å²) in [5, 5.41) is -0.126. The van der Waals surface area contributed by atoms with Gasteiger partial charge in [0.15, 0.2) is 0 Å². The van der Waals surface area contributed by atoms with Crippen molar-refractivity contribution in [2.45, 2.75) is 45.3 Å². The minimum atomic E-state index is -0.181. The Hall–Kier alpha value is -0.600. The molecule has 0 bridgehead atoms. The van der Waals surface area contributed by atoms with Crippen LogP contribution in [0.15, 0.2) is 18.2 Å². The zero-order valence-corrected chi connectivity index (χ0v) is 12.0. The summed E-state index contributed by atoms with van der Waals surface area (Å²) in [5.74, 6) is 0.499. The van der Waals surface area contributed by atoms with Crippen molar-refractivity contribution in [1.82, 2.24) is 0 Å². The molecule has 3 heteroatoms. The number of aryl methyl sites for hydroxylation is 1. The van der Waals surface area contributed by atoms with Gasteiger partial charge in [-0.1, -0.05) is 19.1 Å². The molecule has 1 aromatic rings. The number of benzene rings is 1. The Morgan fingerprint density at radius 2 is 1.89 bits per heavy atom. The topological polar surface area (TPSA) is 9.23 Å². The number of alkyl halides is 1. The van der Waals surface area contributed by atoms with Gasteiger partial charge in [0.25, 0.3) is 0 Å². The summed E-state index contributed by atoms with van der Waals surface area (Å²) in [4.78, 5) is 0. The number of halogens is 2. The summed E-state index contributed by atoms with van der Waals surface area (Å²) in [5.41, 5.74) is 1.63. The average Bonchev–Trinajstić information content (AvgIpc) is 2.56. The molecular formula is C15H20ClFO. The van der Waals surface area contributed by atoms with E-state index in [1.54, 1.807) is 13.0 Å². The van der Waals surface area contributed by atoms with E-state index in [1.807, 2.05) is 6.07 Å². The van der Waals surface area contributed by atoms with Crippen LogP contribution in [0.2, 0.25) is 0 Å². The van der Waals surface area contributed by atoms with Crippen molar-refractivity contribution in [3.05, 3.63) is 35.1 Å². The standard InChI is InChI=1S/C15H20ClFO/c1-8-7-12(5-6-13(8)17)15(16)14-9(2)10(3)18-11(14)4/h5-7,9-11,14-15H,1-4H3. The quantitative estimate of drug-likeness (QED) is 0.721. The summed E-state index contributed by atoms with van der Waals surface area (Å²) in [6.07, 6.45) is 0.371. The molecular weight excluding hydrogens is 251 g/mol. The molecule has 1 saturated heterocycles. The zero-order valence-electron chi connectivity index (χ0n) is 11.3. The van der Waals surface area contributed by atoms with E-state index in [0.29, 0.717) is 11.5 Å². The highest BCUT2D eigenvalue weighted by atomic mass is 35.5. The molecule has 0 N–H and O–H groups in total. The van der Waals surface area contributed by atoms with Gasteiger partial charge >= 0.3 is 0 Å². The Labute approximate surface area is 113 Å². The average molecular weight is 271 g/mol. The fraction of sp³-hybridized carbons (Fsp3) is 0.600. The van der Waals surface area contributed by atoms with Crippen LogP contribution in [-0.2, 0) is 4.74 Å². The zero-order chi connectivity index (χ0) is 13.4. The summed E-state index contributed by atoms with van der Waals surface area (Å²) < 4.78 is 19.1. The largest absolute Gasteiger partial charge is 0.375 e. The molecule has 5 unspecified atom stereocenters. The maximum Gasteiger partial charge on any atom is 0.126 e. The molecule has 1 fully saturated rings. The van der Waals surface area contributed by atoms with E-state index < -0.39 is 0 Å². The first-order valence-electron chi connectivity index (χ1n) is 6.47. The molecule has 0 aliphatic carbocycles. The predicted molar refractivity (Wildman–Crippen MR) is 72.4 cm³/mol. The Morgan fingerprint density at radius 3 is 2.39 bits per heavy atom. The highest BCUT2D eigenvalue weighted by Gasteiger charge is 2.41. The molecule has 1 aromatic carbocycles. The molecule has 0 radical (unpaired) electrons. The van der Waals surface area contributed by atoms with Gasteiger partial charge in [0.2, 0.25) is 0 Å². The Balaban J connectivity index is 2.25. The first kappa shape index (κ1) is 13.8. The Kier molecular flexibility index (Phi) is 3.98. The van der Waals surface area contributed by atoms with Crippen molar-refractivity contribution in [3.8, 4) is 0 Å². The fourth-order valence-corrected chi connectivity index (χ4v) is 3.43. The van der Waals surface area contributed by atoms with Gasteiger partial charge in [-0.25, -0.2) is 4.39 Å². The van der Waals surface area contributed by atoms with E-state index in [-0.39, 0.29) is 29.3 Å². The van der Waals surface area contributed by atoms with Crippen molar-refractivity contribution in [3.63, 3.8) is 0 Å². The lowest BCUT2D eigenvalue weighted by Gasteiger charge is -2.24. The van der Waals surface area contributed by atoms with Crippen LogP contribution in [0.4, 0.5) is 4.39 Å². The number of rotatable bonds is 2. The maximum absolute atomic E-state index is 13.3. The van der Waals surface area contributed by atoms with E-state index in [0.717, 1.165) is 5.56 Å². The molecule has 100 valence electrons. The first-order valence-corrected chi connectivity index (χ1v) is 6.91. The molecule has 18 heavy (non-hydrogen) atoms. The molecule has 1 aliphatic heterocycles. The summed E-state index contributed by atoms with van der Waals surface area (Å²) in [6, 6.07) is 5.12. The molecule has 1 nitrogen and oxygen atoms in total. The van der Waals surface area contributed by atoms with Crippen LogP contribution in [0.5, 0.6) is 0 Å². The normalized spacial score (nSPS) is 33.7. The van der Waals surface area contributed by atoms with Crippen LogP contribution in [0.1, 0.15) is 37.3 Å².